The summed E-state index contributed by atoms with van der Waals surface area (Å²) < 4.78 is 4.18. The maximum Gasteiger partial charge on any atom is 0.330 e. The van der Waals surface area contributed by atoms with Gasteiger partial charge in [-0.2, -0.15) is 0 Å². The van der Waals surface area contributed by atoms with Crippen LogP contribution in [0.5, 0.6) is 0 Å². The molecule has 74 valence electrons. The quantitative estimate of drug-likeness (QED) is 0.282. The Morgan fingerprint density at radius 2 is 1.92 bits per heavy atom. The highest BCUT2D eigenvalue weighted by atomic mass is 127. The summed E-state index contributed by atoms with van der Waals surface area (Å²) >= 11 is 6.16. The highest BCUT2D eigenvalue weighted by molar-refractivity contribution is 14.1. The summed E-state index contributed by atoms with van der Waals surface area (Å²) in [5.74, 6) is 0. The number of hydrogen-bond acceptors (Lipinski definition) is 1. The molecule has 1 nitrogen and oxygen atoms in total. The Kier molecular flexibility index (Phi) is 8.66. The van der Waals surface area contributed by atoms with Crippen LogP contribution in [0.2, 0.25) is 6.04 Å². The Hall–Kier alpha value is 1.39. The molecule has 0 aromatic heterocycles. The number of rotatable bonds is 7. The number of halogens is 2. The summed E-state index contributed by atoms with van der Waals surface area (Å²) in [6.07, 6.45) is 5.34. The van der Waals surface area contributed by atoms with Crippen LogP contribution < -0.4 is 0 Å². The molecule has 0 rings (SSSR count). The molecule has 0 aliphatic rings. The first-order valence-corrected chi connectivity index (χ1v) is 12.1. The lowest BCUT2D eigenvalue weighted by molar-refractivity contribution is 0.352. The zero-order valence-electron chi connectivity index (χ0n) is 7.91. The smallest absolute Gasteiger partial charge is 0.330 e. The van der Waals surface area contributed by atoms with E-state index in [9.17, 15) is 0 Å². The molecule has 0 bridgehead atoms. The van der Waals surface area contributed by atoms with Gasteiger partial charge in [-0.3, -0.25) is 0 Å². The molecule has 0 saturated carbocycles. The minimum Gasteiger partial charge on any atom is -0.399 e. The molecule has 0 aromatic rings. The van der Waals surface area contributed by atoms with Gasteiger partial charge in [0.05, 0.1) is 0 Å². The third-order valence-corrected chi connectivity index (χ3v) is 7.75. The van der Waals surface area contributed by atoms with Crippen molar-refractivity contribution in [1.82, 2.24) is 0 Å². The summed E-state index contributed by atoms with van der Waals surface area (Å²) in [5.41, 5.74) is 0. The van der Waals surface area contributed by atoms with Crippen LogP contribution in [0.15, 0.2) is 0 Å². The Bertz CT molecular complexity index is 111. The van der Waals surface area contributed by atoms with Crippen molar-refractivity contribution in [2.45, 2.75) is 45.6 Å². The van der Waals surface area contributed by atoms with E-state index in [4.69, 9.17) is 4.43 Å². The van der Waals surface area contributed by atoms with Crippen molar-refractivity contribution in [2.75, 3.05) is 6.61 Å². The Morgan fingerprint density at radius 3 is 2.42 bits per heavy atom. The van der Waals surface area contributed by atoms with E-state index in [1.165, 1.54) is 31.7 Å². The molecule has 12 heavy (non-hydrogen) atoms. The first kappa shape index (κ1) is 13.4. The summed E-state index contributed by atoms with van der Waals surface area (Å²) in [5, 5.41) is 0. The molecule has 0 heterocycles. The third kappa shape index (κ3) is 8.01. The Labute approximate surface area is 97.6 Å². The molecule has 1 atom stereocenters. The molecule has 0 amide bonds. The van der Waals surface area contributed by atoms with Crippen LogP contribution >= 0.6 is 37.1 Å². The number of hydrogen-bond donors (Lipinski definition) is 0. The van der Waals surface area contributed by atoms with Crippen molar-refractivity contribution >= 4 is 41.5 Å². The summed E-state index contributed by atoms with van der Waals surface area (Å²) in [6, 6.07) is 1.24. The lowest BCUT2D eigenvalue weighted by atomic mass is 10.2. The second kappa shape index (κ2) is 7.76. The van der Waals surface area contributed by atoms with Gasteiger partial charge in [-0.1, -0.05) is 69.7 Å². The molecule has 0 aromatic carbocycles. The SMILES string of the molecule is CCCCCC[Si](Br)(I)OCC. The van der Waals surface area contributed by atoms with Crippen LogP contribution in [0, 0.1) is 0 Å². The molecular formula is C8H18BrIOSi. The van der Waals surface area contributed by atoms with Crippen molar-refractivity contribution in [3.05, 3.63) is 0 Å². The standard InChI is InChI=1S/C8H18BrIOSi/c1-3-5-6-7-8-12(9,10)11-4-2/h3-8H2,1-2H3. The molecule has 1 unspecified atom stereocenters. The summed E-state index contributed by atoms with van der Waals surface area (Å²) in [4.78, 5) is 0. The highest BCUT2D eigenvalue weighted by Gasteiger charge is 2.26. The molecule has 4 heteroatoms. The predicted octanol–water partition coefficient (Wildman–Crippen LogP) is 4.37. The van der Waals surface area contributed by atoms with E-state index in [1.54, 1.807) is 0 Å². The van der Waals surface area contributed by atoms with Crippen molar-refractivity contribution < 1.29 is 4.43 Å². The molecule has 0 radical (unpaired) electrons. The van der Waals surface area contributed by atoms with Crippen LogP contribution in [-0.2, 0) is 4.43 Å². The van der Waals surface area contributed by atoms with Crippen LogP contribution in [0.3, 0.4) is 0 Å². The second-order valence-corrected chi connectivity index (χ2v) is 18.5. The van der Waals surface area contributed by atoms with Gasteiger partial charge in [0.1, 0.15) is 0 Å². The van der Waals surface area contributed by atoms with E-state index in [2.05, 4.69) is 50.9 Å². The minimum atomic E-state index is -1.47. The normalized spacial score (nSPS) is 16.0. The Balaban J connectivity index is 3.33. The van der Waals surface area contributed by atoms with Gasteiger partial charge in [0, 0.05) is 6.61 Å². The van der Waals surface area contributed by atoms with E-state index in [0.29, 0.717) is 0 Å². The molecule has 0 fully saturated rings. The van der Waals surface area contributed by atoms with Crippen molar-refractivity contribution in [3.63, 3.8) is 0 Å². The van der Waals surface area contributed by atoms with Crippen molar-refractivity contribution in [2.24, 2.45) is 0 Å². The monoisotopic (exact) mass is 364 g/mol. The molecule has 0 N–H and O–H groups in total. The fraction of sp³-hybridized carbons (Fsp3) is 1.00. The second-order valence-electron chi connectivity index (χ2n) is 2.88. The molecule has 0 aliphatic heterocycles. The lowest BCUT2D eigenvalue weighted by Crippen LogP contribution is -2.22. The minimum absolute atomic E-state index is 0.841. The van der Waals surface area contributed by atoms with Crippen LogP contribution in [0.4, 0.5) is 0 Å². The van der Waals surface area contributed by atoms with Gasteiger partial charge in [0.25, 0.3) is 0 Å². The predicted molar refractivity (Wildman–Crippen MR) is 69.3 cm³/mol. The summed E-state index contributed by atoms with van der Waals surface area (Å²) in [7, 11) is 0. The van der Waals surface area contributed by atoms with Gasteiger partial charge in [0.15, 0.2) is 0 Å². The van der Waals surface area contributed by atoms with Crippen molar-refractivity contribution in [1.29, 1.82) is 0 Å². The average molecular weight is 365 g/mol. The van der Waals surface area contributed by atoms with E-state index < -0.39 is 4.43 Å². The van der Waals surface area contributed by atoms with Gasteiger partial charge >= 0.3 is 4.43 Å². The molecule has 0 saturated heterocycles. The lowest BCUT2D eigenvalue weighted by Gasteiger charge is -2.16. The van der Waals surface area contributed by atoms with Crippen molar-refractivity contribution in [3.8, 4) is 0 Å². The maximum atomic E-state index is 5.65. The number of unbranched alkanes of at least 4 members (excludes halogenated alkanes) is 3. The fourth-order valence-corrected chi connectivity index (χ4v) is 5.88. The highest BCUT2D eigenvalue weighted by Crippen LogP contribution is 2.29. The van der Waals surface area contributed by atoms with Gasteiger partial charge in [0.2, 0.25) is 0 Å². The van der Waals surface area contributed by atoms with Gasteiger partial charge in [-0.25, -0.2) is 0 Å². The zero-order chi connectivity index (χ0) is 9.45. The third-order valence-electron chi connectivity index (χ3n) is 1.68. The zero-order valence-corrected chi connectivity index (χ0v) is 12.7. The van der Waals surface area contributed by atoms with Crippen LogP contribution in [0.1, 0.15) is 39.5 Å². The van der Waals surface area contributed by atoms with E-state index in [1.807, 2.05) is 0 Å². The molecule has 0 aliphatic carbocycles. The van der Waals surface area contributed by atoms with Gasteiger partial charge in [-0.05, 0) is 13.0 Å². The summed E-state index contributed by atoms with van der Waals surface area (Å²) in [6.45, 7) is 5.15. The molecule has 0 spiro atoms. The first-order chi connectivity index (χ1) is 5.62. The van der Waals surface area contributed by atoms with Gasteiger partial charge < -0.3 is 4.43 Å². The topological polar surface area (TPSA) is 9.23 Å². The van der Waals surface area contributed by atoms with E-state index in [0.717, 1.165) is 6.61 Å². The fourth-order valence-electron chi connectivity index (χ4n) is 1.04. The average Bonchev–Trinajstić information content (AvgIpc) is 1.98. The Morgan fingerprint density at radius 1 is 1.25 bits per heavy atom. The maximum absolute atomic E-state index is 5.65. The van der Waals surface area contributed by atoms with Crippen LogP contribution in [-0.4, -0.2) is 11.0 Å². The molecular weight excluding hydrogens is 347 g/mol. The van der Waals surface area contributed by atoms with E-state index in [-0.39, 0.29) is 0 Å². The van der Waals surface area contributed by atoms with Crippen LogP contribution in [0.25, 0.3) is 0 Å². The van der Waals surface area contributed by atoms with Gasteiger partial charge in [-0.15, -0.1) is 0 Å². The largest absolute Gasteiger partial charge is 0.399 e. The first-order valence-electron chi connectivity index (χ1n) is 4.64. The van der Waals surface area contributed by atoms with E-state index >= 15 is 0 Å².